The fourth-order valence-electron chi connectivity index (χ4n) is 2.91. The van der Waals surface area contributed by atoms with Crippen molar-refractivity contribution in [2.75, 3.05) is 13.7 Å². The van der Waals surface area contributed by atoms with E-state index in [4.69, 9.17) is 4.74 Å². The first-order valence-corrected chi connectivity index (χ1v) is 10.6. The minimum absolute atomic E-state index is 0.0742. The summed E-state index contributed by atoms with van der Waals surface area (Å²) in [6, 6.07) is 4.53. The second-order valence-electron chi connectivity index (χ2n) is 6.51. The van der Waals surface area contributed by atoms with Crippen molar-refractivity contribution in [2.24, 2.45) is 5.92 Å². The Bertz CT molecular complexity index is 764. The smallest absolute Gasteiger partial charge is 0.328 e. The van der Waals surface area contributed by atoms with Crippen molar-refractivity contribution in [2.45, 2.75) is 43.7 Å². The molecule has 7 nitrogen and oxygen atoms in total. The molecular formula is C17H23BrN2O5S. The normalized spacial score (nSPS) is 18.8. The number of halogens is 1. The lowest BCUT2D eigenvalue weighted by atomic mass is 10.0. The highest BCUT2D eigenvalue weighted by molar-refractivity contribution is 9.10. The third kappa shape index (κ3) is 4.63. The van der Waals surface area contributed by atoms with Gasteiger partial charge in [0, 0.05) is 11.0 Å². The van der Waals surface area contributed by atoms with Gasteiger partial charge in [0.25, 0.3) is 0 Å². The van der Waals surface area contributed by atoms with Gasteiger partial charge in [-0.1, -0.05) is 29.8 Å². The van der Waals surface area contributed by atoms with Gasteiger partial charge in [0.05, 0.1) is 12.0 Å². The molecule has 0 bridgehead atoms. The zero-order valence-electron chi connectivity index (χ0n) is 14.9. The van der Waals surface area contributed by atoms with Crippen LogP contribution in [0.3, 0.4) is 0 Å². The van der Waals surface area contributed by atoms with Crippen molar-refractivity contribution < 1.29 is 22.7 Å². The quantitative estimate of drug-likeness (QED) is 0.673. The zero-order valence-corrected chi connectivity index (χ0v) is 17.3. The predicted molar refractivity (Wildman–Crippen MR) is 99.8 cm³/mol. The average molecular weight is 447 g/mol. The van der Waals surface area contributed by atoms with Gasteiger partial charge in [-0.05, 0) is 43.0 Å². The molecule has 1 saturated heterocycles. The number of nitrogens with zero attached hydrogens (tertiary/aromatic N) is 1. The number of ether oxygens (including phenoxy) is 1. The molecule has 0 spiro atoms. The monoisotopic (exact) mass is 446 g/mol. The first-order valence-electron chi connectivity index (χ1n) is 8.33. The van der Waals surface area contributed by atoms with Crippen LogP contribution >= 0.6 is 15.9 Å². The van der Waals surface area contributed by atoms with E-state index in [0.717, 1.165) is 4.47 Å². The van der Waals surface area contributed by atoms with Gasteiger partial charge in [-0.3, -0.25) is 4.79 Å². The number of rotatable bonds is 6. The second-order valence-corrected chi connectivity index (χ2v) is 9.14. The molecule has 1 aromatic rings. The molecule has 144 valence electrons. The van der Waals surface area contributed by atoms with Gasteiger partial charge in [-0.25, -0.2) is 13.2 Å². The molecule has 1 aliphatic rings. The number of hydrogen-bond donors (Lipinski definition) is 1. The van der Waals surface area contributed by atoms with Gasteiger partial charge in [0.15, 0.2) is 0 Å². The zero-order chi connectivity index (χ0) is 19.5. The standard InChI is InChI=1S/C17H23BrN2O5S/c1-11(2)15(16(21)20-10-4-5-14(20)17(22)25-3)19-26(23,24)13-8-6-12(18)7-9-13/h6-9,11,14-15,19H,4-5,10H2,1-3H3/t14-,15-/m0/s1. The summed E-state index contributed by atoms with van der Waals surface area (Å²) in [6.07, 6.45) is 1.19. The van der Waals surface area contributed by atoms with Crippen LogP contribution in [-0.2, 0) is 24.3 Å². The maximum Gasteiger partial charge on any atom is 0.328 e. The largest absolute Gasteiger partial charge is 0.467 e. The molecule has 1 fully saturated rings. The number of sulfonamides is 1. The molecule has 2 atom stereocenters. The third-order valence-electron chi connectivity index (χ3n) is 4.35. The number of esters is 1. The number of carbonyl (C=O) groups is 2. The van der Waals surface area contributed by atoms with Gasteiger partial charge < -0.3 is 9.64 Å². The Morgan fingerprint density at radius 3 is 2.42 bits per heavy atom. The van der Waals surface area contributed by atoms with E-state index < -0.39 is 34.0 Å². The van der Waals surface area contributed by atoms with E-state index in [1.165, 1.54) is 24.1 Å². The average Bonchev–Trinajstić information content (AvgIpc) is 3.08. The first kappa shape index (κ1) is 20.9. The maximum absolute atomic E-state index is 13.0. The van der Waals surface area contributed by atoms with Gasteiger partial charge in [0.1, 0.15) is 12.1 Å². The molecule has 26 heavy (non-hydrogen) atoms. The molecule has 0 saturated carbocycles. The van der Waals surface area contributed by atoms with E-state index in [-0.39, 0.29) is 10.8 Å². The van der Waals surface area contributed by atoms with Gasteiger partial charge >= 0.3 is 5.97 Å². The van der Waals surface area contributed by atoms with Crippen LogP contribution in [0, 0.1) is 5.92 Å². The summed E-state index contributed by atoms with van der Waals surface area (Å²) in [5.41, 5.74) is 0. The van der Waals surface area contributed by atoms with Gasteiger partial charge in [-0.15, -0.1) is 0 Å². The number of nitrogens with one attached hydrogen (secondary N) is 1. The lowest BCUT2D eigenvalue weighted by molar-refractivity contribution is -0.151. The molecule has 0 aromatic heterocycles. The number of benzene rings is 1. The van der Waals surface area contributed by atoms with E-state index in [2.05, 4.69) is 20.7 Å². The van der Waals surface area contributed by atoms with Crippen LogP contribution in [0.2, 0.25) is 0 Å². The molecule has 1 heterocycles. The minimum atomic E-state index is -3.87. The van der Waals surface area contributed by atoms with Crippen LogP contribution in [0.25, 0.3) is 0 Å². The van der Waals surface area contributed by atoms with Crippen LogP contribution in [0.15, 0.2) is 33.6 Å². The highest BCUT2D eigenvalue weighted by Gasteiger charge is 2.40. The van der Waals surface area contributed by atoms with Gasteiger partial charge in [0.2, 0.25) is 15.9 Å². The highest BCUT2D eigenvalue weighted by atomic mass is 79.9. The summed E-state index contributed by atoms with van der Waals surface area (Å²) in [5.74, 6) is -1.17. The molecule has 0 unspecified atom stereocenters. The Morgan fingerprint density at radius 1 is 1.27 bits per heavy atom. The lowest BCUT2D eigenvalue weighted by Gasteiger charge is -2.29. The summed E-state index contributed by atoms with van der Waals surface area (Å²) in [5, 5.41) is 0. The number of hydrogen-bond acceptors (Lipinski definition) is 5. The van der Waals surface area contributed by atoms with E-state index in [0.29, 0.717) is 19.4 Å². The predicted octanol–water partition coefficient (Wildman–Crippen LogP) is 1.92. The van der Waals surface area contributed by atoms with Crippen molar-refractivity contribution in [3.63, 3.8) is 0 Å². The van der Waals surface area contributed by atoms with E-state index in [1.54, 1.807) is 26.0 Å². The number of amides is 1. The van der Waals surface area contributed by atoms with Crippen molar-refractivity contribution >= 4 is 37.8 Å². The summed E-state index contributed by atoms with van der Waals surface area (Å²) in [4.78, 5) is 26.4. The van der Waals surface area contributed by atoms with Crippen molar-refractivity contribution in [1.82, 2.24) is 9.62 Å². The Labute approximate surface area is 162 Å². The van der Waals surface area contributed by atoms with Crippen LogP contribution in [0.1, 0.15) is 26.7 Å². The minimum Gasteiger partial charge on any atom is -0.467 e. The van der Waals surface area contributed by atoms with Crippen LogP contribution in [0.4, 0.5) is 0 Å². The first-order chi connectivity index (χ1) is 12.2. The maximum atomic E-state index is 13.0. The Balaban J connectivity index is 2.24. The van der Waals surface area contributed by atoms with Crippen molar-refractivity contribution in [1.29, 1.82) is 0 Å². The highest BCUT2D eigenvalue weighted by Crippen LogP contribution is 2.22. The summed E-state index contributed by atoms with van der Waals surface area (Å²) >= 11 is 3.26. The van der Waals surface area contributed by atoms with E-state index in [9.17, 15) is 18.0 Å². The number of methoxy groups -OCH3 is 1. The molecule has 0 aliphatic carbocycles. The van der Waals surface area contributed by atoms with Crippen LogP contribution in [0.5, 0.6) is 0 Å². The third-order valence-corrected chi connectivity index (χ3v) is 6.33. The second kappa shape index (κ2) is 8.49. The molecule has 0 radical (unpaired) electrons. The Morgan fingerprint density at radius 2 is 1.88 bits per heavy atom. The molecule has 2 rings (SSSR count). The molecule has 1 N–H and O–H groups in total. The molecule has 9 heteroatoms. The SMILES string of the molecule is COC(=O)[C@@H]1CCCN1C(=O)[C@@H](NS(=O)(=O)c1ccc(Br)cc1)C(C)C. The van der Waals surface area contributed by atoms with Crippen molar-refractivity contribution in [3.05, 3.63) is 28.7 Å². The lowest BCUT2D eigenvalue weighted by Crippen LogP contribution is -2.53. The summed E-state index contributed by atoms with van der Waals surface area (Å²) in [7, 11) is -2.60. The number of carbonyl (C=O) groups excluding carboxylic acids is 2. The van der Waals surface area contributed by atoms with E-state index in [1.807, 2.05) is 0 Å². The van der Waals surface area contributed by atoms with Crippen molar-refractivity contribution in [3.8, 4) is 0 Å². The fourth-order valence-corrected chi connectivity index (χ4v) is 4.51. The Kier molecular flexibility index (Phi) is 6.81. The fraction of sp³-hybridized carbons (Fsp3) is 0.529. The summed E-state index contributed by atoms with van der Waals surface area (Å²) < 4.78 is 33.3. The molecule has 1 amide bonds. The van der Waals surface area contributed by atoms with E-state index >= 15 is 0 Å². The van der Waals surface area contributed by atoms with Crippen LogP contribution in [-0.4, -0.2) is 50.9 Å². The number of likely N-dealkylation sites (tertiary alicyclic amines) is 1. The molecule has 1 aromatic carbocycles. The molecule has 1 aliphatic heterocycles. The summed E-state index contributed by atoms with van der Waals surface area (Å²) in [6.45, 7) is 3.92. The van der Waals surface area contributed by atoms with Gasteiger partial charge in [-0.2, -0.15) is 4.72 Å². The Hall–Kier alpha value is -1.45. The van der Waals surface area contributed by atoms with Crippen LogP contribution < -0.4 is 4.72 Å². The molecular weight excluding hydrogens is 424 g/mol. The topological polar surface area (TPSA) is 92.8 Å².